The van der Waals surface area contributed by atoms with Gasteiger partial charge >= 0.3 is 0 Å². The van der Waals surface area contributed by atoms with Crippen LogP contribution in [-0.2, 0) is 38.4 Å². The molecule has 1 amide bonds. The molecular formula is C40H32F6N8O5S. The van der Waals surface area contributed by atoms with Gasteiger partial charge < -0.3 is 10.1 Å². The van der Waals surface area contributed by atoms with E-state index in [1.165, 1.54) is 53.4 Å². The molecule has 6 aromatic rings. The van der Waals surface area contributed by atoms with Gasteiger partial charge in [-0.3, -0.25) is 18.8 Å². The molecule has 2 aliphatic carbocycles. The lowest BCUT2D eigenvalue weighted by Gasteiger charge is -2.26. The first kappa shape index (κ1) is 39.5. The summed E-state index contributed by atoms with van der Waals surface area (Å²) in [4.78, 5) is 41.4. The van der Waals surface area contributed by atoms with Crippen LogP contribution in [0.3, 0.4) is 0 Å². The van der Waals surface area contributed by atoms with E-state index in [2.05, 4.69) is 20.4 Å². The van der Waals surface area contributed by atoms with Crippen LogP contribution in [-0.4, -0.2) is 74.2 Å². The minimum atomic E-state index is -3.97. The van der Waals surface area contributed by atoms with Gasteiger partial charge in [-0.2, -0.15) is 18.2 Å². The smallest absolute Gasteiger partial charge is 0.293 e. The van der Waals surface area contributed by atoms with Crippen molar-refractivity contribution < 1.29 is 44.3 Å². The second-order valence-electron chi connectivity index (χ2n) is 14.8. The highest BCUT2D eigenvalue weighted by Gasteiger charge is 2.67. The average molecular weight is 851 g/mol. The Labute approximate surface area is 336 Å². The average Bonchev–Trinajstić information content (AvgIpc) is 3.89. The van der Waals surface area contributed by atoms with Crippen molar-refractivity contribution in [2.45, 2.75) is 48.6 Å². The van der Waals surface area contributed by atoms with Crippen molar-refractivity contribution in [1.82, 2.24) is 38.9 Å². The highest BCUT2D eigenvalue weighted by atomic mass is 32.2. The van der Waals surface area contributed by atoms with Crippen LogP contribution in [0.15, 0.2) is 89.1 Å². The molecule has 13 nitrogen and oxygen atoms in total. The Morgan fingerprint density at radius 2 is 1.65 bits per heavy atom. The van der Waals surface area contributed by atoms with Gasteiger partial charge in [-0.05, 0) is 72.0 Å². The van der Waals surface area contributed by atoms with Gasteiger partial charge in [0.15, 0.2) is 0 Å². The first-order valence-electron chi connectivity index (χ1n) is 18.7. The van der Waals surface area contributed by atoms with Crippen LogP contribution in [0.4, 0.5) is 26.3 Å². The van der Waals surface area contributed by atoms with Gasteiger partial charge in [0.05, 0.1) is 40.7 Å². The van der Waals surface area contributed by atoms with Gasteiger partial charge in [0.2, 0.25) is 15.9 Å². The number of alkyl halides is 4. The Bertz CT molecular complexity index is 2820. The zero-order chi connectivity index (χ0) is 42.1. The number of aromatic nitrogens is 6. The number of carbonyl (C=O) groups is 1. The van der Waals surface area contributed by atoms with E-state index >= 15 is 8.78 Å². The second-order valence-corrected chi connectivity index (χ2v) is 16.7. The van der Waals surface area contributed by atoms with Gasteiger partial charge in [-0.15, -0.1) is 0 Å². The number of carbonyl (C=O) groups excluding carboxylic acids is 1. The van der Waals surface area contributed by atoms with Crippen LogP contribution < -0.4 is 10.9 Å². The lowest BCUT2D eigenvalue weighted by Crippen LogP contribution is -2.40. The molecule has 9 rings (SSSR count). The Balaban J connectivity index is 1.17. The summed E-state index contributed by atoms with van der Waals surface area (Å²) >= 11 is 0. The molecule has 0 unspecified atom stereocenters. The number of halogens is 6. The molecule has 1 saturated carbocycles. The van der Waals surface area contributed by atoms with Crippen molar-refractivity contribution in [2.75, 3.05) is 26.3 Å². The third-order valence-electron chi connectivity index (χ3n) is 11.0. The number of benzene rings is 3. The fraction of sp³-hybridized carbons (Fsp3) is 0.300. The van der Waals surface area contributed by atoms with Gasteiger partial charge in [0, 0.05) is 55.0 Å². The molecular weight excluding hydrogens is 819 g/mol. The molecule has 0 radical (unpaired) electrons. The molecule has 1 N–H and O–H groups in total. The number of nitrogens with zero attached hydrogens (tertiary/aromatic N) is 7. The van der Waals surface area contributed by atoms with E-state index in [1.807, 2.05) is 0 Å². The number of hydrogen-bond donors (Lipinski definition) is 1. The highest BCUT2D eigenvalue weighted by Crippen LogP contribution is 2.68. The lowest BCUT2D eigenvalue weighted by molar-refractivity contribution is -0.123. The van der Waals surface area contributed by atoms with Crippen LogP contribution in [0.1, 0.15) is 53.1 Å². The molecule has 20 heteroatoms. The Morgan fingerprint density at radius 1 is 0.950 bits per heavy atom. The number of fused-ring (bicyclic) bond motifs is 4. The summed E-state index contributed by atoms with van der Waals surface area (Å²) in [5.41, 5.74) is -1.28. The predicted octanol–water partition coefficient (Wildman–Crippen LogP) is 5.59. The minimum Gasteiger partial charge on any atom is -0.379 e. The van der Waals surface area contributed by atoms with Crippen LogP contribution in [0, 0.1) is 17.6 Å². The molecule has 3 aromatic heterocycles. The fourth-order valence-corrected chi connectivity index (χ4v) is 9.55. The summed E-state index contributed by atoms with van der Waals surface area (Å²) in [7, 11) is -3.97. The van der Waals surface area contributed by atoms with Crippen molar-refractivity contribution in [3.8, 4) is 16.8 Å². The van der Waals surface area contributed by atoms with E-state index in [9.17, 15) is 35.6 Å². The maximum atomic E-state index is 15.4. The van der Waals surface area contributed by atoms with Crippen molar-refractivity contribution in [3.63, 3.8) is 0 Å². The van der Waals surface area contributed by atoms with Gasteiger partial charge in [0.25, 0.3) is 17.9 Å². The normalized spacial score (nSPS) is 19.0. The zero-order valence-electron chi connectivity index (χ0n) is 31.1. The van der Waals surface area contributed by atoms with Gasteiger partial charge in [0.1, 0.15) is 41.7 Å². The molecule has 2 fully saturated rings. The monoisotopic (exact) mass is 850 g/mol. The summed E-state index contributed by atoms with van der Waals surface area (Å²) in [6.07, 6.45) is 0.788. The standard InChI is InChI=1S/C40H32F6N8O5S/c41-24-11-21(12-25(42)15-24)13-32(49-33(55)19-53-36-34(35(51-53)37(43)44)29-16-30(29)40(36,45)46)38-50-31-14-22(23-17-47-20-48-18-23)1-6-28(31)39(56)54(38)26-2-4-27(5-3-26)60(57,58)52-7-9-59-10-8-52/h1-6,11-12,14-15,17-18,20,29-30,32,37H,7-10,13,16,19H2,(H,49,55)/t29-,30+,32-/m0/s1. The van der Waals surface area contributed by atoms with Crippen LogP contribution in [0.2, 0.25) is 0 Å². The number of sulfonamides is 1. The van der Waals surface area contributed by atoms with E-state index < -0.39 is 87.7 Å². The van der Waals surface area contributed by atoms with E-state index in [-0.39, 0.29) is 71.2 Å². The molecule has 0 spiro atoms. The Hall–Kier alpha value is -5.99. The van der Waals surface area contributed by atoms with Crippen LogP contribution >= 0.6 is 0 Å². The minimum absolute atomic E-state index is 0.00702. The summed E-state index contributed by atoms with van der Waals surface area (Å²) in [6.45, 7) is -0.280. The quantitative estimate of drug-likeness (QED) is 0.165. The van der Waals surface area contributed by atoms with E-state index in [0.29, 0.717) is 21.9 Å². The zero-order valence-corrected chi connectivity index (χ0v) is 31.9. The molecule has 60 heavy (non-hydrogen) atoms. The number of rotatable bonds is 11. The maximum absolute atomic E-state index is 15.4. The SMILES string of the molecule is O=C(Cn1nc(C(F)F)c2c1C(F)(F)[C@@H]1C[C@H]21)N[C@@H](Cc1cc(F)cc(F)c1)c1nc2cc(-c3cncnc3)ccc2c(=O)n1-c1ccc(S(=O)(=O)N2CCOCC2)cc1. The van der Waals surface area contributed by atoms with Gasteiger partial charge in [-0.1, -0.05) is 6.07 Å². The number of morpholine rings is 1. The molecule has 3 atom stereocenters. The first-order chi connectivity index (χ1) is 28.7. The number of nitrogens with one attached hydrogen (secondary N) is 1. The van der Waals surface area contributed by atoms with E-state index in [4.69, 9.17) is 9.72 Å². The van der Waals surface area contributed by atoms with Crippen LogP contribution in [0.5, 0.6) is 0 Å². The number of ether oxygens (including phenoxy) is 1. The lowest BCUT2D eigenvalue weighted by atomic mass is 10.0. The molecule has 1 saturated heterocycles. The third-order valence-corrected chi connectivity index (χ3v) is 12.9. The largest absolute Gasteiger partial charge is 0.379 e. The van der Waals surface area contributed by atoms with E-state index in [1.54, 1.807) is 12.1 Å². The number of hydrogen-bond acceptors (Lipinski definition) is 9. The Kier molecular flexibility index (Phi) is 9.82. The molecule has 3 aliphatic rings. The molecule has 0 bridgehead atoms. The maximum Gasteiger partial charge on any atom is 0.293 e. The Morgan fingerprint density at radius 3 is 2.33 bits per heavy atom. The fourth-order valence-electron chi connectivity index (χ4n) is 8.14. The molecule has 4 heterocycles. The van der Waals surface area contributed by atoms with Crippen molar-refractivity contribution in [3.05, 3.63) is 130 Å². The highest BCUT2D eigenvalue weighted by molar-refractivity contribution is 7.89. The van der Waals surface area contributed by atoms with E-state index in [0.717, 1.165) is 16.7 Å². The topological polar surface area (TPSA) is 154 Å². The third kappa shape index (κ3) is 7.00. The molecule has 310 valence electrons. The van der Waals surface area contributed by atoms with Gasteiger partial charge in [-0.25, -0.2) is 40.9 Å². The first-order valence-corrected chi connectivity index (χ1v) is 20.2. The predicted molar refractivity (Wildman–Crippen MR) is 201 cm³/mol. The molecule has 3 aromatic carbocycles. The second kappa shape index (κ2) is 14.9. The molecule has 1 aliphatic heterocycles. The van der Waals surface area contributed by atoms with Crippen molar-refractivity contribution in [2.24, 2.45) is 5.92 Å². The van der Waals surface area contributed by atoms with Crippen LogP contribution in [0.25, 0.3) is 27.7 Å². The summed E-state index contributed by atoms with van der Waals surface area (Å²) in [6, 6.07) is 11.2. The summed E-state index contributed by atoms with van der Waals surface area (Å²) in [5.74, 6) is -8.68. The van der Waals surface area contributed by atoms with Crippen molar-refractivity contribution in [1.29, 1.82) is 0 Å². The summed E-state index contributed by atoms with van der Waals surface area (Å²) in [5, 5.41) is 6.46. The summed E-state index contributed by atoms with van der Waals surface area (Å²) < 4.78 is 123. The number of amides is 1. The van der Waals surface area contributed by atoms with Crippen molar-refractivity contribution >= 4 is 26.8 Å².